The van der Waals surface area contributed by atoms with Crippen molar-refractivity contribution in [2.75, 3.05) is 5.32 Å². The Morgan fingerprint density at radius 1 is 1.26 bits per heavy atom. The highest BCUT2D eigenvalue weighted by Crippen LogP contribution is 2.25. The monoisotopic (exact) mass is 369 g/mol. The Hall–Kier alpha value is -3.55. The molecule has 0 saturated heterocycles. The number of anilines is 1. The Kier molecular flexibility index (Phi) is 5.25. The number of non-ortho nitro benzene ring substituents is 1. The molecule has 0 aliphatic carbocycles. The fraction of sp³-hybridized carbons (Fsp3) is 0.158. The topological polar surface area (TPSA) is 98.3 Å². The summed E-state index contributed by atoms with van der Waals surface area (Å²) in [5, 5.41) is 17.7. The summed E-state index contributed by atoms with van der Waals surface area (Å²) < 4.78 is 18.7. The summed E-state index contributed by atoms with van der Waals surface area (Å²) in [6.07, 6.45) is 0.00711. The van der Waals surface area contributed by atoms with Crippen LogP contribution in [0.3, 0.4) is 0 Å². The lowest BCUT2D eigenvalue weighted by Crippen LogP contribution is -2.16. The van der Waals surface area contributed by atoms with Crippen LogP contribution in [0, 0.1) is 22.9 Å². The van der Waals surface area contributed by atoms with E-state index in [-0.39, 0.29) is 17.9 Å². The molecule has 0 fully saturated rings. The normalized spacial score (nSPS) is 11.8. The van der Waals surface area contributed by atoms with Gasteiger partial charge in [-0.3, -0.25) is 14.9 Å². The predicted octanol–water partition coefficient (Wildman–Crippen LogP) is 4.46. The van der Waals surface area contributed by atoms with E-state index in [1.165, 1.54) is 36.4 Å². The number of nitro groups is 1. The Balaban J connectivity index is 1.83. The summed E-state index contributed by atoms with van der Waals surface area (Å²) >= 11 is 0. The van der Waals surface area contributed by atoms with Crippen molar-refractivity contribution in [1.29, 1.82) is 0 Å². The first-order chi connectivity index (χ1) is 12.9. The summed E-state index contributed by atoms with van der Waals surface area (Å²) in [5.41, 5.74) is 0.815. The fourth-order valence-corrected chi connectivity index (χ4v) is 2.66. The van der Waals surface area contributed by atoms with Crippen LogP contribution in [0.4, 0.5) is 15.9 Å². The maximum Gasteiger partial charge on any atom is 0.269 e. The average Bonchev–Trinajstić information content (AvgIpc) is 3.06. The maximum absolute atomic E-state index is 13.6. The number of benzene rings is 2. The first-order valence-electron chi connectivity index (χ1n) is 8.15. The van der Waals surface area contributed by atoms with E-state index >= 15 is 0 Å². The van der Waals surface area contributed by atoms with Crippen LogP contribution in [-0.4, -0.2) is 15.9 Å². The zero-order valence-corrected chi connectivity index (χ0v) is 14.4. The van der Waals surface area contributed by atoms with Gasteiger partial charge in [-0.25, -0.2) is 4.39 Å². The zero-order chi connectivity index (χ0) is 19.4. The molecule has 2 aromatic carbocycles. The highest BCUT2D eigenvalue weighted by molar-refractivity contribution is 5.96. The number of ketones is 1. The molecule has 1 N–H and O–H groups in total. The van der Waals surface area contributed by atoms with Gasteiger partial charge in [0.2, 0.25) is 0 Å². The van der Waals surface area contributed by atoms with E-state index in [9.17, 15) is 19.3 Å². The second-order valence-electron chi connectivity index (χ2n) is 6.01. The largest absolute Gasteiger partial charge is 0.360 e. The Bertz CT molecular complexity index is 969. The second-order valence-corrected chi connectivity index (χ2v) is 6.01. The van der Waals surface area contributed by atoms with E-state index in [0.717, 1.165) is 0 Å². The molecule has 0 aliphatic heterocycles. The van der Waals surface area contributed by atoms with Crippen molar-refractivity contribution in [2.45, 2.75) is 19.4 Å². The number of aromatic nitrogens is 1. The molecule has 0 saturated carbocycles. The highest BCUT2D eigenvalue weighted by Gasteiger charge is 2.20. The van der Waals surface area contributed by atoms with Crippen LogP contribution in [0.5, 0.6) is 0 Å². The van der Waals surface area contributed by atoms with E-state index in [0.29, 0.717) is 22.7 Å². The molecular formula is C19H16FN3O4. The van der Waals surface area contributed by atoms with Crippen molar-refractivity contribution in [3.05, 3.63) is 87.4 Å². The number of carbonyl (C=O) groups excluding carboxylic acids is 1. The van der Waals surface area contributed by atoms with Gasteiger partial charge < -0.3 is 9.84 Å². The first kappa shape index (κ1) is 18.2. The smallest absolute Gasteiger partial charge is 0.269 e. The van der Waals surface area contributed by atoms with Gasteiger partial charge in [0.15, 0.2) is 11.6 Å². The van der Waals surface area contributed by atoms with Crippen LogP contribution in [0.2, 0.25) is 0 Å². The van der Waals surface area contributed by atoms with Gasteiger partial charge in [0.1, 0.15) is 11.6 Å². The molecule has 138 valence electrons. The van der Waals surface area contributed by atoms with E-state index in [1.54, 1.807) is 25.1 Å². The van der Waals surface area contributed by atoms with Crippen LogP contribution in [0.25, 0.3) is 0 Å². The van der Waals surface area contributed by atoms with Crippen molar-refractivity contribution in [1.82, 2.24) is 5.16 Å². The van der Waals surface area contributed by atoms with Gasteiger partial charge in [-0.15, -0.1) is 0 Å². The molecule has 0 aliphatic rings. The van der Waals surface area contributed by atoms with Gasteiger partial charge in [0.05, 0.1) is 11.0 Å². The molecule has 1 atom stereocenters. The Labute approximate surface area is 154 Å². The standard InChI is InChI=1S/C19H16FN3O4/c1-12-9-19(22-27-12)21-17(14-3-2-4-15(20)10-14)11-18(24)13-5-7-16(8-6-13)23(25)26/h2-10,17H,11H2,1H3,(H,21,22). The summed E-state index contributed by atoms with van der Waals surface area (Å²) in [6, 6.07) is 12.4. The highest BCUT2D eigenvalue weighted by atomic mass is 19.1. The molecule has 7 nitrogen and oxygen atoms in total. The minimum Gasteiger partial charge on any atom is -0.360 e. The number of hydrogen-bond donors (Lipinski definition) is 1. The second kappa shape index (κ2) is 7.77. The first-order valence-corrected chi connectivity index (χ1v) is 8.15. The molecule has 0 amide bonds. The SMILES string of the molecule is Cc1cc(NC(CC(=O)c2ccc([N+](=O)[O-])cc2)c2cccc(F)c2)no1. The van der Waals surface area contributed by atoms with Crippen LogP contribution in [0.1, 0.15) is 34.1 Å². The van der Waals surface area contributed by atoms with Crippen molar-refractivity contribution in [3.8, 4) is 0 Å². The minimum atomic E-state index is -0.548. The number of halogens is 1. The number of nitro benzene ring substituents is 1. The number of aryl methyl sites for hydroxylation is 1. The lowest BCUT2D eigenvalue weighted by Gasteiger charge is -2.18. The number of rotatable bonds is 7. The fourth-order valence-electron chi connectivity index (χ4n) is 2.66. The van der Waals surface area contributed by atoms with Gasteiger partial charge in [-0.1, -0.05) is 17.3 Å². The summed E-state index contributed by atoms with van der Waals surface area (Å²) in [6.45, 7) is 1.73. The lowest BCUT2D eigenvalue weighted by atomic mass is 9.97. The third kappa shape index (κ3) is 4.55. The summed E-state index contributed by atoms with van der Waals surface area (Å²) in [5.74, 6) is 0.362. The van der Waals surface area contributed by atoms with Gasteiger partial charge >= 0.3 is 0 Å². The number of nitrogens with one attached hydrogen (secondary N) is 1. The molecule has 3 rings (SSSR count). The summed E-state index contributed by atoms with van der Waals surface area (Å²) in [4.78, 5) is 22.9. The van der Waals surface area contributed by atoms with Crippen LogP contribution in [-0.2, 0) is 0 Å². The molecule has 3 aromatic rings. The van der Waals surface area contributed by atoms with Crippen molar-refractivity contribution in [2.24, 2.45) is 0 Å². The summed E-state index contributed by atoms with van der Waals surface area (Å²) in [7, 11) is 0. The number of carbonyl (C=O) groups is 1. The van der Waals surface area contributed by atoms with Gasteiger partial charge in [0.25, 0.3) is 5.69 Å². The number of nitrogens with zero attached hydrogens (tertiary/aromatic N) is 2. The molecule has 8 heteroatoms. The quantitative estimate of drug-likeness (QED) is 0.375. The van der Waals surface area contributed by atoms with Crippen molar-refractivity contribution in [3.63, 3.8) is 0 Å². The number of Topliss-reactive ketones (excluding diaryl/α,β-unsaturated/α-hetero) is 1. The van der Waals surface area contributed by atoms with E-state index in [1.807, 2.05) is 0 Å². The Morgan fingerprint density at radius 3 is 2.59 bits per heavy atom. The average molecular weight is 369 g/mol. The van der Waals surface area contributed by atoms with Crippen molar-refractivity contribution < 1.29 is 18.6 Å². The van der Waals surface area contributed by atoms with Crippen LogP contribution < -0.4 is 5.32 Å². The molecule has 0 bridgehead atoms. The molecule has 1 aromatic heterocycles. The third-order valence-electron chi connectivity index (χ3n) is 3.99. The van der Waals surface area contributed by atoms with E-state index in [4.69, 9.17) is 4.52 Å². The third-order valence-corrected chi connectivity index (χ3v) is 3.99. The van der Waals surface area contributed by atoms with Gasteiger partial charge in [0, 0.05) is 30.2 Å². The molecule has 27 heavy (non-hydrogen) atoms. The lowest BCUT2D eigenvalue weighted by molar-refractivity contribution is -0.384. The zero-order valence-electron chi connectivity index (χ0n) is 14.4. The molecule has 0 spiro atoms. The maximum atomic E-state index is 13.6. The van der Waals surface area contributed by atoms with E-state index < -0.39 is 16.8 Å². The molecule has 0 radical (unpaired) electrons. The predicted molar refractivity (Wildman–Crippen MR) is 96.0 cm³/mol. The molecule has 1 unspecified atom stereocenters. The molecule has 1 heterocycles. The van der Waals surface area contributed by atoms with E-state index in [2.05, 4.69) is 10.5 Å². The number of hydrogen-bond acceptors (Lipinski definition) is 6. The van der Waals surface area contributed by atoms with Gasteiger partial charge in [-0.2, -0.15) is 0 Å². The molecular weight excluding hydrogens is 353 g/mol. The van der Waals surface area contributed by atoms with Crippen LogP contribution >= 0.6 is 0 Å². The van der Waals surface area contributed by atoms with Gasteiger partial charge in [-0.05, 0) is 36.8 Å². The van der Waals surface area contributed by atoms with Crippen LogP contribution in [0.15, 0.2) is 59.1 Å². The minimum absolute atomic E-state index is 0.00711. The Morgan fingerprint density at radius 2 is 2.00 bits per heavy atom. The van der Waals surface area contributed by atoms with Crippen molar-refractivity contribution >= 4 is 17.3 Å².